The van der Waals surface area contributed by atoms with E-state index in [1.165, 1.54) is 21.7 Å². The Hall–Kier alpha value is -2.59. The summed E-state index contributed by atoms with van der Waals surface area (Å²) < 4.78 is 16.8. The number of halogens is 2. The fourth-order valence-electron chi connectivity index (χ4n) is 2.59. The predicted octanol–water partition coefficient (Wildman–Crippen LogP) is 2.34. The molecule has 0 saturated heterocycles. The number of aromatic nitrogens is 5. The Kier molecular flexibility index (Phi) is 5.90. The summed E-state index contributed by atoms with van der Waals surface area (Å²) in [5, 5.41) is 13.0. The maximum absolute atomic E-state index is 13.9. The van der Waals surface area contributed by atoms with Gasteiger partial charge in [0, 0.05) is 29.9 Å². The van der Waals surface area contributed by atoms with Crippen LogP contribution in [0.5, 0.6) is 0 Å². The standard InChI is InChI=1S/C17H19ClFN7OS/c1-10-7-11(2)26(23-10)16-21-22-17(25(16)20)28-9-15(27)24(3)8-12-13(18)5-4-6-14(12)19/h4-7H,8-9,20H2,1-3H3. The van der Waals surface area contributed by atoms with Crippen molar-refractivity contribution in [2.75, 3.05) is 18.6 Å². The maximum Gasteiger partial charge on any atom is 0.271 e. The topological polar surface area (TPSA) is 94.9 Å². The van der Waals surface area contributed by atoms with Gasteiger partial charge in [0.25, 0.3) is 5.95 Å². The molecule has 0 atom stereocenters. The van der Waals surface area contributed by atoms with Gasteiger partial charge in [-0.3, -0.25) is 4.79 Å². The Morgan fingerprint density at radius 2 is 2.11 bits per heavy atom. The normalized spacial score (nSPS) is 11.0. The van der Waals surface area contributed by atoms with Crippen LogP contribution in [0, 0.1) is 19.7 Å². The monoisotopic (exact) mass is 423 g/mol. The first-order chi connectivity index (χ1) is 13.3. The third-order valence-corrected chi connectivity index (χ3v) is 5.33. The van der Waals surface area contributed by atoms with E-state index in [9.17, 15) is 9.18 Å². The molecule has 0 aliphatic carbocycles. The molecular weight excluding hydrogens is 405 g/mol. The maximum atomic E-state index is 13.9. The van der Waals surface area contributed by atoms with Crippen LogP contribution < -0.4 is 5.84 Å². The van der Waals surface area contributed by atoms with Crippen LogP contribution in [-0.4, -0.2) is 48.3 Å². The van der Waals surface area contributed by atoms with Crippen molar-refractivity contribution in [3.8, 4) is 5.95 Å². The van der Waals surface area contributed by atoms with E-state index >= 15 is 0 Å². The van der Waals surface area contributed by atoms with Gasteiger partial charge < -0.3 is 10.7 Å². The van der Waals surface area contributed by atoms with Gasteiger partial charge in [-0.15, -0.1) is 10.2 Å². The van der Waals surface area contributed by atoms with E-state index in [4.69, 9.17) is 17.4 Å². The molecule has 2 aromatic heterocycles. The van der Waals surface area contributed by atoms with E-state index in [2.05, 4.69) is 15.3 Å². The van der Waals surface area contributed by atoms with Crippen LogP contribution in [0.15, 0.2) is 29.4 Å². The van der Waals surface area contributed by atoms with Gasteiger partial charge in [-0.2, -0.15) is 5.10 Å². The number of benzene rings is 1. The Morgan fingerprint density at radius 3 is 2.75 bits per heavy atom. The summed E-state index contributed by atoms with van der Waals surface area (Å²) in [6, 6.07) is 6.32. The zero-order chi connectivity index (χ0) is 20.4. The molecule has 8 nitrogen and oxygen atoms in total. The third-order valence-electron chi connectivity index (χ3n) is 4.05. The van der Waals surface area contributed by atoms with E-state index in [0.29, 0.717) is 11.1 Å². The largest absolute Gasteiger partial charge is 0.341 e. The van der Waals surface area contributed by atoms with E-state index in [-0.39, 0.29) is 28.8 Å². The molecule has 0 radical (unpaired) electrons. The zero-order valence-electron chi connectivity index (χ0n) is 15.6. The smallest absolute Gasteiger partial charge is 0.271 e. The fourth-order valence-corrected chi connectivity index (χ4v) is 3.60. The number of amides is 1. The molecule has 2 N–H and O–H groups in total. The minimum absolute atomic E-state index is 0.0645. The van der Waals surface area contributed by atoms with Crippen LogP contribution in [-0.2, 0) is 11.3 Å². The molecule has 148 valence electrons. The first kappa shape index (κ1) is 20.2. The van der Waals surface area contributed by atoms with Gasteiger partial charge in [-0.05, 0) is 32.0 Å². The van der Waals surface area contributed by atoms with E-state index < -0.39 is 5.82 Å². The van der Waals surface area contributed by atoms with Gasteiger partial charge in [0.2, 0.25) is 11.1 Å². The van der Waals surface area contributed by atoms with Crippen LogP contribution >= 0.6 is 23.4 Å². The van der Waals surface area contributed by atoms with Crippen molar-refractivity contribution in [2.45, 2.75) is 25.5 Å². The molecule has 28 heavy (non-hydrogen) atoms. The van der Waals surface area contributed by atoms with Gasteiger partial charge in [0.05, 0.1) is 11.4 Å². The molecule has 2 heterocycles. The van der Waals surface area contributed by atoms with Gasteiger partial charge in [0.1, 0.15) is 5.82 Å². The molecule has 0 bridgehead atoms. The van der Waals surface area contributed by atoms with Crippen LogP contribution in [0.2, 0.25) is 5.02 Å². The van der Waals surface area contributed by atoms with Crippen LogP contribution in [0.25, 0.3) is 5.95 Å². The molecule has 3 aromatic rings. The Balaban J connectivity index is 1.66. The highest BCUT2D eigenvalue weighted by Gasteiger charge is 2.18. The third kappa shape index (κ3) is 4.12. The lowest BCUT2D eigenvalue weighted by molar-refractivity contribution is -0.127. The van der Waals surface area contributed by atoms with E-state index in [0.717, 1.165) is 23.1 Å². The molecule has 0 spiro atoms. The number of nitrogens with two attached hydrogens (primary N) is 1. The number of nitrogens with zero attached hydrogens (tertiary/aromatic N) is 6. The molecule has 1 aromatic carbocycles. The summed E-state index contributed by atoms with van der Waals surface area (Å²) in [7, 11) is 1.58. The van der Waals surface area contributed by atoms with Crippen molar-refractivity contribution < 1.29 is 9.18 Å². The highest BCUT2D eigenvalue weighted by atomic mass is 35.5. The number of rotatable bonds is 6. The average molecular weight is 424 g/mol. The molecule has 0 aliphatic heterocycles. The first-order valence-electron chi connectivity index (χ1n) is 8.31. The average Bonchev–Trinajstić information content (AvgIpc) is 3.17. The van der Waals surface area contributed by atoms with Crippen LogP contribution in [0.3, 0.4) is 0 Å². The lowest BCUT2D eigenvalue weighted by Crippen LogP contribution is -2.28. The SMILES string of the molecule is Cc1cc(C)n(-c2nnc(SCC(=O)N(C)Cc3c(F)cccc3Cl)n2N)n1. The number of thioether (sulfide) groups is 1. The number of carbonyl (C=O) groups excluding carboxylic acids is 1. The van der Waals surface area contributed by atoms with Gasteiger partial charge >= 0.3 is 0 Å². The highest BCUT2D eigenvalue weighted by molar-refractivity contribution is 7.99. The summed E-state index contributed by atoms with van der Waals surface area (Å²) in [5.41, 5.74) is 1.97. The zero-order valence-corrected chi connectivity index (χ0v) is 17.1. The quantitative estimate of drug-likeness (QED) is 0.483. The Labute approximate surface area is 170 Å². The van der Waals surface area contributed by atoms with Crippen molar-refractivity contribution in [3.05, 3.63) is 52.1 Å². The highest BCUT2D eigenvalue weighted by Crippen LogP contribution is 2.22. The number of aryl methyl sites for hydroxylation is 2. The van der Waals surface area contributed by atoms with Gasteiger partial charge in [-0.1, -0.05) is 29.4 Å². The molecular formula is C17H19ClFN7OS. The Morgan fingerprint density at radius 1 is 1.36 bits per heavy atom. The first-order valence-corrected chi connectivity index (χ1v) is 9.68. The summed E-state index contributed by atoms with van der Waals surface area (Å²) in [6.07, 6.45) is 0. The second-order valence-electron chi connectivity index (χ2n) is 6.23. The molecule has 0 saturated carbocycles. The molecule has 0 unspecified atom stereocenters. The van der Waals surface area contributed by atoms with Crippen molar-refractivity contribution in [1.82, 2.24) is 29.6 Å². The van der Waals surface area contributed by atoms with Gasteiger partial charge in [0.15, 0.2) is 0 Å². The summed E-state index contributed by atoms with van der Waals surface area (Å²) in [5.74, 6) is 5.81. The van der Waals surface area contributed by atoms with Gasteiger partial charge in [-0.25, -0.2) is 13.7 Å². The molecule has 1 amide bonds. The van der Waals surface area contributed by atoms with Crippen LogP contribution in [0.1, 0.15) is 17.0 Å². The van der Waals surface area contributed by atoms with E-state index in [1.807, 2.05) is 19.9 Å². The second-order valence-corrected chi connectivity index (χ2v) is 7.58. The van der Waals surface area contributed by atoms with E-state index in [1.54, 1.807) is 17.8 Å². The van der Waals surface area contributed by atoms with Crippen molar-refractivity contribution in [1.29, 1.82) is 0 Å². The van der Waals surface area contributed by atoms with Crippen molar-refractivity contribution in [2.24, 2.45) is 0 Å². The molecule has 0 fully saturated rings. The minimum atomic E-state index is -0.448. The number of hydrogen-bond donors (Lipinski definition) is 1. The molecule has 0 aliphatic rings. The molecule has 11 heteroatoms. The molecule has 3 rings (SSSR count). The van der Waals surface area contributed by atoms with Crippen molar-refractivity contribution >= 4 is 29.3 Å². The lowest BCUT2D eigenvalue weighted by Gasteiger charge is -2.18. The second kappa shape index (κ2) is 8.19. The Bertz CT molecular complexity index is 999. The lowest BCUT2D eigenvalue weighted by atomic mass is 10.2. The summed E-state index contributed by atoms with van der Waals surface area (Å²) in [4.78, 5) is 13.8. The number of nitrogen functional groups attached to an aromatic ring is 1. The predicted molar refractivity (Wildman–Crippen MR) is 105 cm³/mol. The summed E-state index contributed by atoms with van der Waals surface area (Å²) >= 11 is 7.15. The number of carbonyl (C=O) groups is 1. The number of hydrogen-bond acceptors (Lipinski definition) is 6. The fraction of sp³-hybridized carbons (Fsp3) is 0.294. The van der Waals surface area contributed by atoms with Crippen LogP contribution in [0.4, 0.5) is 4.39 Å². The van der Waals surface area contributed by atoms with Crippen molar-refractivity contribution in [3.63, 3.8) is 0 Å². The minimum Gasteiger partial charge on any atom is -0.341 e. The summed E-state index contributed by atoms with van der Waals surface area (Å²) in [6.45, 7) is 3.82.